The Morgan fingerprint density at radius 1 is 1.50 bits per heavy atom. The number of imidazole rings is 1. The Balaban J connectivity index is 2.12. The second kappa shape index (κ2) is 4.09. The van der Waals surface area contributed by atoms with Crippen molar-refractivity contribution in [3.05, 3.63) is 36.2 Å². The van der Waals surface area contributed by atoms with Crippen LogP contribution >= 0.6 is 0 Å². The van der Waals surface area contributed by atoms with Crippen LogP contribution in [-0.2, 0) is 13.0 Å². The van der Waals surface area contributed by atoms with Crippen molar-refractivity contribution in [1.82, 2.24) is 14.7 Å². The molecule has 2 heterocycles. The number of hydrogen-bond acceptors (Lipinski definition) is 3. The molecule has 0 aromatic carbocycles. The second-order valence-corrected chi connectivity index (χ2v) is 3.25. The lowest BCUT2D eigenvalue weighted by Gasteiger charge is -2.03. The van der Waals surface area contributed by atoms with Crippen molar-refractivity contribution in [3.63, 3.8) is 0 Å². The molecule has 0 fully saturated rings. The van der Waals surface area contributed by atoms with E-state index in [0.717, 1.165) is 30.8 Å². The molecule has 2 rings (SSSR count). The predicted molar refractivity (Wildman–Crippen MR) is 51.8 cm³/mol. The maximum Gasteiger partial charge on any atom is 0.128 e. The molecule has 0 saturated heterocycles. The summed E-state index contributed by atoms with van der Waals surface area (Å²) in [5.74, 6) is 1.12. The number of nitrogens with zero attached hydrogens (tertiary/aromatic N) is 3. The van der Waals surface area contributed by atoms with E-state index in [1.807, 2.05) is 12.4 Å². The molecule has 14 heavy (non-hydrogen) atoms. The minimum atomic E-state index is 0.791. The van der Waals surface area contributed by atoms with E-state index < -0.39 is 0 Å². The third kappa shape index (κ3) is 1.84. The molecular formula is C10H13N3O. The maximum absolute atomic E-state index is 4.78. The Hall–Kier alpha value is -1.58. The number of aromatic nitrogens is 3. The molecule has 4 nitrogen and oxygen atoms in total. The Morgan fingerprint density at radius 2 is 2.43 bits per heavy atom. The van der Waals surface area contributed by atoms with Crippen LogP contribution in [0.4, 0.5) is 0 Å². The van der Waals surface area contributed by atoms with Crippen molar-refractivity contribution in [2.24, 2.45) is 0 Å². The van der Waals surface area contributed by atoms with Crippen LogP contribution in [0.3, 0.4) is 0 Å². The fourth-order valence-electron chi connectivity index (χ4n) is 1.44. The largest absolute Gasteiger partial charge is 0.364 e. The molecule has 2 aromatic heterocycles. The summed E-state index contributed by atoms with van der Waals surface area (Å²) in [5.41, 5.74) is 1.07. The molecule has 0 bridgehead atoms. The SMILES string of the molecule is CCCc1nccn1Cc1cnoc1. The maximum atomic E-state index is 4.78. The molecule has 0 aliphatic rings. The Labute approximate surface area is 82.6 Å². The third-order valence-corrected chi connectivity index (χ3v) is 2.11. The highest BCUT2D eigenvalue weighted by Crippen LogP contribution is 2.06. The van der Waals surface area contributed by atoms with Crippen molar-refractivity contribution in [2.75, 3.05) is 0 Å². The Kier molecular flexibility index (Phi) is 2.62. The van der Waals surface area contributed by atoms with Crippen molar-refractivity contribution in [3.8, 4) is 0 Å². The molecule has 0 atom stereocenters. The van der Waals surface area contributed by atoms with E-state index in [-0.39, 0.29) is 0 Å². The molecule has 2 aromatic rings. The first kappa shape index (κ1) is 8.99. The van der Waals surface area contributed by atoms with Crippen LogP contribution in [-0.4, -0.2) is 14.7 Å². The average molecular weight is 191 g/mol. The second-order valence-electron chi connectivity index (χ2n) is 3.25. The van der Waals surface area contributed by atoms with Crippen molar-refractivity contribution >= 4 is 0 Å². The van der Waals surface area contributed by atoms with Crippen LogP contribution in [0.1, 0.15) is 24.7 Å². The van der Waals surface area contributed by atoms with E-state index in [0.29, 0.717) is 0 Å². The fraction of sp³-hybridized carbons (Fsp3) is 0.400. The van der Waals surface area contributed by atoms with Crippen LogP contribution in [0.25, 0.3) is 0 Å². The summed E-state index contributed by atoms with van der Waals surface area (Å²) < 4.78 is 6.90. The van der Waals surface area contributed by atoms with Gasteiger partial charge in [0.2, 0.25) is 0 Å². The summed E-state index contributed by atoms with van der Waals surface area (Å²) in [6.07, 6.45) is 9.33. The first-order chi connectivity index (χ1) is 6.90. The van der Waals surface area contributed by atoms with Gasteiger partial charge in [-0.3, -0.25) is 0 Å². The van der Waals surface area contributed by atoms with Crippen molar-refractivity contribution < 1.29 is 4.52 Å². The molecule has 74 valence electrons. The van der Waals surface area contributed by atoms with Gasteiger partial charge in [0.15, 0.2) is 0 Å². The summed E-state index contributed by atoms with van der Waals surface area (Å²) in [5, 5.41) is 3.67. The zero-order valence-corrected chi connectivity index (χ0v) is 8.18. The fourth-order valence-corrected chi connectivity index (χ4v) is 1.44. The van der Waals surface area contributed by atoms with Gasteiger partial charge in [0.1, 0.15) is 12.1 Å². The number of aryl methyl sites for hydroxylation is 1. The highest BCUT2D eigenvalue weighted by atomic mass is 16.5. The molecule has 0 aliphatic carbocycles. The molecular weight excluding hydrogens is 178 g/mol. The van der Waals surface area contributed by atoms with Gasteiger partial charge in [-0.15, -0.1) is 0 Å². The van der Waals surface area contributed by atoms with Crippen LogP contribution in [0.2, 0.25) is 0 Å². The first-order valence-electron chi connectivity index (χ1n) is 4.78. The lowest BCUT2D eigenvalue weighted by atomic mass is 10.3. The predicted octanol–water partition coefficient (Wildman–Crippen LogP) is 1.87. The van der Waals surface area contributed by atoms with Crippen molar-refractivity contribution in [1.29, 1.82) is 0 Å². The van der Waals surface area contributed by atoms with Crippen LogP contribution in [0.5, 0.6) is 0 Å². The van der Waals surface area contributed by atoms with E-state index >= 15 is 0 Å². The highest BCUT2D eigenvalue weighted by molar-refractivity contribution is 5.04. The molecule has 0 amide bonds. The van der Waals surface area contributed by atoms with Crippen LogP contribution in [0.15, 0.2) is 29.4 Å². The highest BCUT2D eigenvalue weighted by Gasteiger charge is 2.03. The molecule has 0 N–H and O–H groups in total. The minimum absolute atomic E-state index is 0.791. The van der Waals surface area contributed by atoms with Gasteiger partial charge in [-0.1, -0.05) is 12.1 Å². The summed E-state index contributed by atoms with van der Waals surface area (Å²) >= 11 is 0. The first-order valence-corrected chi connectivity index (χ1v) is 4.78. The Bertz CT molecular complexity index is 378. The Morgan fingerprint density at radius 3 is 3.14 bits per heavy atom. The molecule has 0 radical (unpaired) electrons. The molecule has 4 heteroatoms. The van der Waals surface area contributed by atoms with Gasteiger partial charge in [-0.2, -0.15) is 0 Å². The molecule has 0 saturated carbocycles. The smallest absolute Gasteiger partial charge is 0.128 e. The summed E-state index contributed by atoms with van der Waals surface area (Å²) in [6, 6.07) is 0. The number of hydrogen-bond donors (Lipinski definition) is 0. The van der Waals surface area contributed by atoms with Gasteiger partial charge in [0.05, 0.1) is 12.7 Å². The quantitative estimate of drug-likeness (QED) is 0.741. The normalized spacial score (nSPS) is 10.6. The van der Waals surface area contributed by atoms with E-state index in [2.05, 4.69) is 21.6 Å². The number of rotatable bonds is 4. The van der Waals surface area contributed by atoms with Gasteiger partial charge in [0.25, 0.3) is 0 Å². The van der Waals surface area contributed by atoms with E-state index in [1.54, 1.807) is 12.5 Å². The van der Waals surface area contributed by atoms with E-state index in [1.165, 1.54) is 0 Å². The lowest BCUT2D eigenvalue weighted by molar-refractivity contribution is 0.418. The van der Waals surface area contributed by atoms with Gasteiger partial charge >= 0.3 is 0 Å². The zero-order valence-electron chi connectivity index (χ0n) is 8.18. The minimum Gasteiger partial charge on any atom is -0.364 e. The summed E-state index contributed by atoms with van der Waals surface area (Å²) in [7, 11) is 0. The zero-order chi connectivity index (χ0) is 9.80. The molecule has 0 aliphatic heterocycles. The van der Waals surface area contributed by atoms with Gasteiger partial charge < -0.3 is 9.09 Å². The van der Waals surface area contributed by atoms with Gasteiger partial charge in [-0.25, -0.2) is 4.98 Å². The van der Waals surface area contributed by atoms with Gasteiger partial charge in [0, 0.05) is 24.4 Å². The van der Waals surface area contributed by atoms with Crippen LogP contribution < -0.4 is 0 Å². The average Bonchev–Trinajstić information content (AvgIpc) is 2.80. The lowest BCUT2D eigenvalue weighted by Crippen LogP contribution is -2.03. The van der Waals surface area contributed by atoms with Gasteiger partial charge in [-0.05, 0) is 6.42 Å². The van der Waals surface area contributed by atoms with E-state index in [9.17, 15) is 0 Å². The summed E-state index contributed by atoms with van der Waals surface area (Å²) in [6.45, 7) is 2.94. The van der Waals surface area contributed by atoms with Crippen LogP contribution in [0, 0.1) is 0 Å². The molecule has 0 unspecified atom stereocenters. The molecule has 0 spiro atoms. The van der Waals surface area contributed by atoms with Crippen molar-refractivity contribution in [2.45, 2.75) is 26.3 Å². The topological polar surface area (TPSA) is 43.9 Å². The summed E-state index contributed by atoms with van der Waals surface area (Å²) in [4.78, 5) is 4.30. The third-order valence-electron chi connectivity index (χ3n) is 2.11. The monoisotopic (exact) mass is 191 g/mol. The van der Waals surface area contributed by atoms with E-state index in [4.69, 9.17) is 4.52 Å². The standard InChI is InChI=1S/C10H13N3O/c1-2-3-10-11-4-5-13(10)7-9-6-12-14-8-9/h4-6,8H,2-3,7H2,1H3.